The zero-order valence-corrected chi connectivity index (χ0v) is 35.6. The molecule has 0 aliphatic carbocycles. The first kappa shape index (κ1) is 36.7. The maximum atomic E-state index is 7.18. The van der Waals surface area contributed by atoms with Crippen LogP contribution in [0.15, 0.2) is 233 Å². The molecule has 1 aliphatic heterocycles. The second-order valence-electron chi connectivity index (χ2n) is 17.4. The Balaban J connectivity index is 1.08. The second kappa shape index (κ2) is 14.4. The average Bonchev–Trinajstić information content (AvgIpc) is 3.92. The van der Waals surface area contributed by atoms with Crippen LogP contribution in [0.1, 0.15) is 22.9 Å². The predicted molar refractivity (Wildman–Crippen MR) is 275 cm³/mol. The predicted octanol–water partition coefficient (Wildman–Crippen LogP) is 15.5. The lowest BCUT2D eigenvalue weighted by molar-refractivity contribution is 0.659. The Morgan fingerprint density at radius 1 is 0.424 bits per heavy atom. The van der Waals surface area contributed by atoms with Crippen molar-refractivity contribution in [3.05, 3.63) is 235 Å². The highest BCUT2D eigenvalue weighted by Crippen LogP contribution is 2.43. The zero-order valence-electron chi connectivity index (χ0n) is 35.6. The van der Waals surface area contributed by atoms with Crippen molar-refractivity contribution in [2.24, 2.45) is 9.98 Å². The van der Waals surface area contributed by atoms with Crippen LogP contribution < -0.4 is 5.32 Å². The van der Waals surface area contributed by atoms with Gasteiger partial charge in [-0.2, -0.15) is 0 Å². The first-order valence-electron chi connectivity index (χ1n) is 22.5. The van der Waals surface area contributed by atoms with E-state index in [1.54, 1.807) is 0 Å². The number of fused-ring (bicyclic) bond motifs is 11. The van der Waals surface area contributed by atoms with E-state index in [4.69, 9.17) is 14.4 Å². The maximum Gasteiger partial charge on any atom is 0.159 e. The molecule has 11 aromatic carbocycles. The molecule has 14 rings (SSSR count). The topological polar surface area (TPSA) is 54.8 Å². The van der Waals surface area contributed by atoms with E-state index in [0.717, 1.165) is 82.6 Å². The number of aliphatic imine (C=N–C) groups is 2. The summed E-state index contributed by atoms with van der Waals surface area (Å²) in [6.07, 6.45) is -0.453. The van der Waals surface area contributed by atoms with Gasteiger partial charge >= 0.3 is 0 Å². The number of amidine groups is 2. The van der Waals surface area contributed by atoms with Gasteiger partial charge in [-0.25, -0.2) is 9.98 Å². The molecule has 5 heteroatoms. The fourth-order valence-electron chi connectivity index (χ4n) is 10.4. The Kier molecular flexibility index (Phi) is 7.98. The van der Waals surface area contributed by atoms with Gasteiger partial charge in [-0.1, -0.05) is 170 Å². The number of aromatic nitrogens is 1. The van der Waals surface area contributed by atoms with Crippen molar-refractivity contribution in [1.29, 1.82) is 0 Å². The molecule has 1 N–H and O–H groups in total. The summed E-state index contributed by atoms with van der Waals surface area (Å²) in [5.74, 6) is 1.33. The number of rotatable bonds is 5. The molecule has 1 aliphatic rings. The van der Waals surface area contributed by atoms with E-state index in [9.17, 15) is 0 Å². The van der Waals surface area contributed by atoms with Gasteiger partial charge in [0.1, 0.15) is 23.2 Å². The molecule has 0 saturated carbocycles. The Hall–Kier alpha value is -8.80. The van der Waals surface area contributed by atoms with Gasteiger partial charge in [0.2, 0.25) is 0 Å². The standard InChI is InChI=1S/C61H38N4O/c1-2-12-37(13-3-1)39-22-25-41(26-23-39)59-62-60(47-27-24-38-14-4-5-16-42(38)32-47)64-61(63-59)57-52(30-29-49-56-48-21-11-10-15-40(48)28-31-55(56)66-58(49)57)65-53-35-45-19-8-6-17-43(45)33-50(53)51-34-44-18-7-9-20-46(44)36-54(51)65/h1-36,60H,(H,62,63,64). The molecule has 0 spiro atoms. The molecule has 308 valence electrons. The van der Waals surface area contributed by atoms with Crippen molar-refractivity contribution < 1.29 is 4.42 Å². The molecule has 1 unspecified atom stereocenters. The molecule has 0 bridgehead atoms. The number of nitrogens with one attached hydrogen (secondary N) is 1. The molecule has 5 nitrogen and oxygen atoms in total. The molecule has 2 aromatic heterocycles. The largest absolute Gasteiger partial charge is 0.455 e. The number of hydrogen-bond donors (Lipinski definition) is 1. The Morgan fingerprint density at radius 2 is 0.985 bits per heavy atom. The molecular formula is C61H38N4O. The summed E-state index contributed by atoms with van der Waals surface area (Å²) < 4.78 is 9.61. The summed E-state index contributed by atoms with van der Waals surface area (Å²) in [5, 5.41) is 17.8. The quantitative estimate of drug-likeness (QED) is 0.188. The van der Waals surface area contributed by atoms with Gasteiger partial charge in [-0.15, -0.1) is 0 Å². The van der Waals surface area contributed by atoms with E-state index in [1.165, 1.54) is 37.7 Å². The Morgan fingerprint density at radius 3 is 1.68 bits per heavy atom. The summed E-state index contributed by atoms with van der Waals surface area (Å²) in [6, 6.07) is 78.2. The first-order valence-corrected chi connectivity index (χ1v) is 22.5. The number of furan rings is 1. The highest BCUT2D eigenvalue weighted by molar-refractivity contribution is 6.26. The maximum absolute atomic E-state index is 7.18. The van der Waals surface area contributed by atoms with Crippen molar-refractivity contribution in [2.75, 3.05) is 0 Å². The molecular weight excluding hydrogens is 805 g/mol. The van der Waals surface area contributed by atoms with E-state index in [-0.39, 0.29) is 0 Å². The molecule has 0 fully saturated rings. The highest BCUT2D eigenvalue weighted by Gasteiger charge is 2.29. The van der Waals surface area contributed by atoms with Gasteiger partial charge in [0, 0.05) is 27.1 Å². The fraction of sp³-hybridized carbons (Fsp3) is 0.0164. The molecule has 0 saturated heterocycles. The van der Waals surface area contributed by atoms with Crippen LogP contribution in [0.2, 0.25) is 0 Å². The fourth-order valence-corrected chi connectivity index (χ4v) is 10.4. The minimum absolute atomic E-state index is 0.453. The van der Waals surface area contributed by atoms with Gasteiger partial charge in [0.05, 0.1) is 22.3 Å². The Labute approximate surface area is 379 Å². The van der Waals surface area contributed by atoms with Crippen molar-refractivity contribution in [2.45, 2.75) is 6.17 Å². The molecule has 1 atom stereocenters. The number of hydrogen-bond acceptors (Lipinski definition) is 4. The second-order valence-corrected chi connectivity index (χ2v) is 17.4. The SMILES string of the molecule is c1ccc(-c2ccc(C3=NC(c4ccc5ccccc5c4)NC(c4c(-n5c6cc7ccccc7cc6c6cc7ccccc7cc65)ccc5c4oc4ccc6ccccc6c45)=N3)cc2)cc1. The van der Waals surface area contributed by atoms with Gasteiger partial charge in [0.15, 0.2) is 5.84 Å². The van der Waals surface area contributed by atoms with Crippen molar-refractivity contribution in [3.8, 4) is 16.8 Å². The van der Waals surface area contributed by atoms with Gasteiger partial charge in [-0.3, -0.25) is 0 Å². The van der Waals surface area contributed by atoms with Crippen molar-refractivity contribution >= 4 is 98.5 Å². The third kappa shape index (κ3) is 5.73. The minimum atomic E-state index is -0.453. The minimum Gasteiger partial charge on any atom is -0.455 e. The molecule has 0 amide bonds. The summed E-state index contributed by atoms with van der Waals surface area (Å²) in [7, 11) is 0. The van der Waals surface area contributed by atoms with Crippen LogP contribution >= 0.6 is 0 Å². The summed E-state index contributed by atoms with van der Waals surface area (Å²) >= 11 is 0. The normalized spacial score (nSPS) is 14.2. The van der Waals surface area contributed by atoms with Crippen LogP contribution in [-0.2, 0) is 0 Å². The molecule has 0 radical (unpaired) electrons. The van der Waals surface area contributed by atoms with Crippen LogP contribution in [0.4, 0.5) is 0 Å². The molecule has 13 aromatic rings. The third-order valence-corrected chi connectivity index (χ3v) is 13.6. The Bertz CT molecular complexity index is 4100. The van der Waals surface area contributed by atoms with E-state index in [0.29, 0.717) is 11.7 Å². The van der Waals surface area contributed by atoms with E-state index >= 15 is 0 Å². The van der Waals surface area contributed by atoms with E-state index < -0.39 is 6.17 Å². The van der Waals surface area contributed by atoms with Gasteiger partial charge in [0.25, 0.3) is 0 Å². The monoisotopic (exact) mass is 842 g/mol. The summed E-state index contributed by atoms with van der Waals surface area (Å²) in [6.45, 7) is 0. The van der Waals surface area contributed by atoms with Crippen LogP contribution in [0.25, 0.3) is 104 Å². The molecule has 66 heavy (non-hydrogen) atoms. The van der Waals surface area contributed by atoms with Gasteiger partial charge in [-0.05, 0) is 108 Å². The highest BCUT2D eigenvalue weighted by atomic mass is 16.3. The van der Waals surface area contributed by atoms with E-state index in [1.807, 2.05) is 6.07 Å². The lowest BCUT2D eigenvalue weighted by Crippen LogP contribution is -2.34. The third-order valence-electron chi connectivity index (χ3n) is 13.6. The van der Waals surface area contributed by atoms with E-state index in [2.05, 4.69) is 222 Å². The number of benzene rings is 11. The summed E-state index contributed by atoms with van der Waals surface area (Å²) in [4.78, 5) is 11.0. The van der Waals surface area contributed by atoms with Crippen molar-refractivity contribution in [3.63, 3.8) is 0 Å². The average molecular weight is 843 g/mol. The lowest BCUT2D eigenvalue weighted by Gasteiger charge is -2.25. The van der Waals surface area contributed by atoms with Crippen LogP contribution in [0.3, 0.4) is 0 Å². The van der Waals surface area contributed by atoms with Crippen LogP contribution in [0, 0.1) is 0 Å². The van der Waals surface area contributed by atoms with Crippen LogP contribution in [-0.4, -0.2) is 16.2 Å². The van der Waals surface area contributed by atoms with Crippen molar-refractivity contribution in [1.82, 2.24) is 9.88 Å². The first-order chi connectivity index (χ1) is 32.7. The van der Waals surface area contributed by atoms with Crippen LogP contribution in [0.5, 0.6) is 0 Å². The van der Waals surface area contributed by atoms with Gasteiger partial charge < -0.3 is 14.3 Å². The number of nitrogens with zero attached hydrogens (tertiary/aromatic N) is 3. The zero-order chi connectivity index (χ0) is 43.3. The lowest BCUT2D eigenvalue weighted by atomic mass is 10.00. The molecule has 3 heterocycles. The summed E-state index contributed by atoms with van der Waals surface area (Å²) in [5.41, 5.74) is 9.90. The smallest absolute Gasteiger partial charge is 0.159 e.